The van der Waals surface area contributed by atoms with Gasteiger partial charge in [-0.3, -0.25) is 0 Å². The SMILES string of the molecule is CC1(O)C/C=C/CCCNCCCC1. The van der Waals surface area contributed by atoms with E-state index in [1.54, 1.807) is 0 Å². The van der Waals surface area contributed by atoms with Gasteiger partial charge in [0.25, 0.3) is 0 Å². The zero-order chi connectivity index (χ0) is 10.3. The lowest BCUT2D eigenvalue weighted by Gasteiger charge is -2.21. The molecule has 0 radical (unpaired) electrons. The van der Waals surface area contributed by atoms with Crippen LogP contribution >= 0.6 is 0 Å². The third kappa shape index (κ3) is 5.40. The molecule has 14 heavy (non-hydrogen) atoms. The van der Waals surface area contributed by atoms with Crippen LogP contribution in [0, 0.1) is 0 Å². The van der Waals surface area contributed by atoms with Crippen LogP contribution in [0.15, 0.2) is 12.2 Å². The van der Waals surface area contributed by atoms with Gasteiger partial charge in [0.2, 0.25) is 0 Å². The number of hydrogen-bond acceptors (Lipinski definition) is 2. The second-order valence-electron chi connectivity index (χ2n) is 4.52. The summed E-state index contributed by atoms with van der Waals surface area (Å²) in [5.41, 5.74) is -0.490. The highest BCUT2D eigenvalue weighted by atomic mass is 16.3. The van der Waals surface area contributed by atoms with Crippen LogP contribution in [-0.2, 0) is 0 Å². The third-order valence-electron chi connectivity index (χ3n) is 2.77. The topological polar surface area (TPSA) is 32.3 Å². The van der Waals surface area contributed by atoms with Gasteiger partial charge in [0.05, 0.1) is 5.60 Å². The number of rotatable bonds is 0. The molecule has 2 N–H and O–H groups in total. The molecular weight excluding hydrogens is 174 g/mol. The van der Waals surface area contributed by atoms with Gasteiger partial charge in [-0.2, -0.15) is 0 Å². The lowest BCUT2D eigenvalue weighted by molar-refractivity contribution is 0.0513. The Kier molecular flexibility index (Phi) is 5.20. The Labute approximate surface area is 87.4 Å². The van der Waals surface area contributed by atoms with E-state index in [-0.39, 0.29) is 0 Å². The molecule has 1 aliphatic heterocycles. The lowest BCUT2D eigenvalue weighted by atomic mass is 9.94. The number of allylic oxidation sites excluding steroid dienone is 1. The fourth-order valence-corrected chi connectivity index (χ4v) is 1.78. The maximum atomic E-state index is 9.99. The van der Waals surface area contributed by atoms with E-state index in [9.17, 15) is 5.11 Å². The molecule has 2 heteroatoms. The van der Waals surface area contributed by atoms with Gasteiger partial charge in [-0.25, -0.2) is 0 Å². The average molecular weight is 197 g/mol. The van der Waals surface area contributed by atoms with Gasteiger partial charge in [0.1, 0.15) is 0 Å². The van der Waals surface area contributed by atoms with Crippen LogP contribution in [0.1, 0.15) is 45.4 Å². The third-order valence-corrected chi connectivity index (χ3v) is 2.77. The second kappa shape index (κ2) is 6.20. The molecule has 0 fully saturated rings. The summed E-state index contributed by atoms with van der Waals surface area (Å²) in [6, 6.07) is 0. The number of hydrogen-bond donors (Lipinski definition) is 2. The van der Waals surface area contributed by atoms with Crippen molar-refractivity contribution in [1.82, 2.24) is 5.32 Å². The van der Waals surface area contributed by atoms with Crippen molar-refractivity contribution in [3.8, 4) is 0 Å². The molecule has 0 saturated carbocycles. The first-order chi connectivity index (χ1) is 6.71. The van der Waals surface area contributed by atoms with E-state index in [1.807, 2.05) is 6.92 Å². The molecule has 1 aliphatic rings. The van der Waals surface area contributed by atoms with Crippen LogP contribution in [0.25, 0.3) is 0 Å². The molecule has 1 atom stereocenters. The first-order valence-corrected chi connectivity index (χ1v) is 5.79. The summed E-state index contributed by atoms with van der Waals surface area (Å²) in [6.45, 7) is 4.16. The molecule has 0 aliphatic carbocycles. The highest BCUT2D eigenvalue weighted by molar-refractivity contribution is 4.89. The number of aliphatic hydroxyl groups is 1. The van der Waals surface area contributed by atoms with E-state index in [0.717, 1.165) is 38.8 Å². The van der Waals surface area contributed by atoms with Crippen molar-refractivity contribution in [1.29, 1.82) is 0 Å². The molecule has 0 aromatic heterocycles. The minimum absolute atomic E-state index is 0.490. The van der Waals surface area contributed by atoms with Gasteiger partial charge in [-0.15, -0.1) is 0 Å². The van der Waals surface area contributed by atoms with E-state index in [4.69, 9.17) is 0 Å². The van der Waals surface area contributed by atoms with E-state index >= 15 is 0 Å². The minimum Gasteiger partial charge on any atom is -0.390 e. The van der Waals surface area contributed by atoms with E-state index in [2.05, 4.69) is 17.5 Å². The molecule has 1 rings (SSSR count). The smallest absolute Gasteiger partial charge is 0.0654 e. The first kappa shape index (κ1) is 11.7. The molecular formula is C12H23NO. The van der Waals surface area contributed by atoms with Crippen LogP contribution in [0.3, 0.4) is 0 Å². The molecule has 0 bridgehead atoms. The van der Waals surface area contributed by atoms with Crippen molar-refractivity contribution in [2.24, 2.45) is 0 Å². The quantitative estimate of drug-likeness (QED) is 0.584. The summed E-state index contributed by atoms with van der Waals surface area (Å²) in [5, 5.41) is 13.4. The molecule has 1 heterocycles. The highest BCUT2D eigenvalue weighted by Gasteiger charge is 2.17. The van der Waals surface area contributed by atoms with Gasteiger partial charge < -0.3 is 10.4 Å². The van der Waals surface area contributed by atoms with E-state index in [1.165, 1.54) is 12.8 Å². The first-order valence-electron chi connectivity index (χ1n) is 5.79. The van der Waals surface area contributed by atoms with E-state index in [0.29, 0.717) is 0 Å². The van der Waals surface area contributed by atoms with E-state index < -0.39 is 5.60 Å². The summed E-state index contributed by atoms with van der Waals surface area (Å²) in [6.07, 6.45) is 10.7. The lowest BCUT2D eigenvalue weighted by Crippen LogP contribution is -2.24. The molecule has 82 valence electrons. The van der Waals surface area contributed by atoms with Crippen LogP contribution in [0.5, 0.6) is 0 Å². The van der Waals surface area contributed by atoms with Crippen LogP contribution in [0.4, 0.5) is 0 Å². The van der Waals surface area contributed by atoms with Crippen LogP contribution in [-0.4, -0.2) is 23.8 Å². The van der Waals surface area contributed by atoms with Crippen LogP contribution < -0.4 is 5.32 Å². The van der Waals surface area contributed by atoms with Crippen molar-refractivity contribution in [3.05, 3.63) is 12.2 Å². The van der Waals surface area contributed by atoms with Crippen molar-refractivity contribution >= 4 is 0 Å². The fourth-order valence-electron chi connectivity index (χ4n) is 1.78. The van der Waals surface area contributed by atoms with Gasteiger partial charge in [0.15, 0.2) is 0 Å². The molecule has 0 aromatic carbocycles. The van der Waals surface area contributed by atoms with Gasteiger partial charge in [-0.05, 0) is 58.5 Å². The van der Waals surface area contributed by atoms with Crippen molar-refractivity contribution in [3.63, 3.8) is 0 Å². The molecule has 0 aromatic rings. The maximum Gasteiger partial charge on any atom is 0.0654 e. The van der Waals surface area contributed by atoms with Gasteiger partial charge in [-0.1, -0.05) is 12.2 Å². The predicted octanol–water partition coefficient (Wildman–Crippen LogP) is 2.24. The zero-order valence-electron chi connectivity index (χ0n) is 9.26. The fraction of sp³-hybridized carbons (Fsp3) is 0.833. The minimum atomic E-state index is -0.490. The summed E-state index contributed by atoms with van der Waals surface area (Å²) in [4.78, 5) is 0. The summed E-state index contributed by atoms with van der Waals surface area (Å²) >= 11 is 0. The molecule has 1 unspecified atom stereocenters. The Morgan fingerprint density at radius 1 is 1.14 bits per heavy atom. The van der Waals surface area contributed by atoms with Crippen molar-refractivity contribution in [2.45, 2.75) is 51.0 Å². The summed E-state index contributed by atoms with van der Waals surface area (Å²) in [5.74, 6) is 0. The summed E-state index contributed by atoms with van der Waals surface area (Å²) < 4.78 is 0. The summed E-state index contributed by atoms with van der Waals surface area (Å²) in [7, 11) is 0. The van der Waals surface area contributed by atoms with Gasteiger partial charge in [0, 0.05) is 0 Å². The molecule has 0 amide bonds. The Morgan fingerprint density at radius 3 is 2.79 bits per heavy atom. The highest BCUT2D eigenvalue weighted by Crippen LogP contribution is 2.18. The Morgan fingerprint density at radius 2 is 1.93 bits per heavy atom. The monoisotopic (exact) mass is 197 g/mol. The normalized spacial score (nSPS) is 34.1. The number of nitrogens with one attached hydrogen (secondary N) is 1. The Bertz CT molecular complexity index is 175. The Hall–Kier alpha value is -0.340. The predicted molar refractivity (Wildman–Crippen MR) is 60.3 cm³/mol. The van der Waals surface area contributed by atoms with Crippen molar-refractivity contribution < 1.29 is 5.11 Å². The zero-order valence-corrected chi connectivity index (χ0v) is 9.26. The van der Waals surface area contributed by atoms with Gasteiger partial charge >= 0.3 is 0 Å². The molecule has 0 saturated heterocycles. The Balaban J connectivity index is 2.36. The van der Waals surface area contributed by atoms with Crippen LogP contribution in [0.2, 0.25) is 0 Å². The molecule has 2 nitrogen and oxygen atoms in total. The maximum absolute atomic E-state index is 9.99. The standard InChI is InChI=1S/C12H23NO/c1-12(14)8-4-2-3-6-10-13-11-7-5-9-12/h2,4,13-14H,3,5-11H2,1H3/b4-2+. The largest absolute Gasteiger partial charge is 0.390 e. The molecule has 0 spiro atoms. The van der Waals surface area contributed by atoms with Crippen molar-refractivity contribution in [2.75, 3.05) is 13.1 Å². The second-order valence-corrected chi connectivity index (χ2v) is 4.52. The average Bonchev–Trinajstić information content (AvgIpc) is 2.11.